The highest BCUT2D eigenvalue weighted by molar-refractivity contribution is 5.82. The lowest BCUT2D eigenvalue weighted by Crippen LogP contribution is -1.74. The Balaban J connectivity index is 2.23. The zero-order valence-electron chi connectivity index (χ0n) is 7.27. The summed E-state index contributed by atoms with van der Waals surface area (Å²) in [5.41, 5.74) is 2.00. The van der Waals surface area contributed by atoms with Gasteiger partial charge in [0.2, 0.25) is 0 Å². The average molecular weight is 185 g/mol. The summed E-state index contributed by atoms with van der Waals surface area (Å²) in [5.74, 6) is 0.765. The second-order valence-electron chi connectivity index (χ2n) is 3.05. The van der Waals surface area contributed by atoms with Gasteiger partial charge in [0, 0.05) is 17.0 Å². The van der Waals surface area contributed by atoms with Crippen LogP contribution in [0.15, 0.2) is 41.2 Å². The maximum Gasteiger partial charge on any atom is 0.166 e. The average Bonchev–Trinajstić information content (AvgIpc) is 2.88. The van der Waals surface area contributed by atoms with Crippen molar-refractivity contribution < 1.29 is 4.52 Å². The minimum absolute atomic E-state index is 0.765. The van der Waals surface area contributed by atoms with E-state index in [-0.39, 0.29) is 0 Å². The molecule has 14 heavy (non-hydrogen) atoms. The largest absolute Gasteiger partial charge is 0.356 e. The molecule has 0 fully saturated rings. The van der Waals surface area contributed by atoms with Gasteiger partial charge in [-0.05, 0) is 6.07 Å². The number of aromatic amines is 1. The van der Waals surface area contributed by atoms with Crippen molar-refractivity contribution in [2.24, 2.45) is 0 Å². The molecular weight excluding hydrogens is 178 g/mol. The van der Waals surface area contributed by atoms with Crippen LogP contribution >= 0.6 is 0 Å². The molecule has 3 rings (SSSR count). The van der Waals surface area contributed by atoms with Crippen LogP contribution in [-0.4, -0.2) is 15.4 Å². The van der Waals surface area contributed by atoms with Crippen LogP contribution in [0.2, 0.25) is 0 Å². The molecule has 1 N–H and O–H groups in total. The smallest absolute Gasteiger partial charge is 0.166 e. The van der Waals surface area contributed by atoms with Crippen LogP contribution < -0.4 is 0 Å². The van der Waals surface area contributed by atoms with E-state index in [0.717, 1.165) is 22.2 Å². The lowest BCUT2D eigenvalue weighted by atomic mass is 10.1. The lowest BCUT2D eigenvalue weighted by Gasteiger charge is -1.94. The number of fused-ring (bicyclic) bond motifs is 1. The van der Waals surface area contributed by atoms with Crippen molar-refractivity contribution in [3.63, 3.8) is 0 Å². The molecule has 0 saturated heterocycles. The molecule has 0 saturated carbocycles. The summed E-state index contributed by atoms with van der Waals surface area (Å²) in [6.45, 7) is 0. The van der Waals surface area contributed by atoms with Gasteiger partial charge in [-0.15, -0.1) is 0 Å². The molecule has 0 radical (unpaired) electrons. The Hall–Kier alpha value is -2.10. The van der Waals surface area contributed by atoms with E-state index in [0.29, 0.717) is 0 Å². The fourth-order valence-electron chi connectivity index (χ4n) is 1.46. The third-order valence-corrected chi connectivity index (χ3v) is 2.16. The second kappa shape index (κ2) is 2.70. The van der Waals surface area contributed by atoms with E-state index in [1.807, 2.05) is 24.3 Å². The summed E-state index contributed by atoms with van der Waals surface area (Å²) < 4.78 is 5.06. The topological polar surface area (TPSA) is 54.7 Å². The molecule has 0 aliphatic carbocycles. The zero-order valence-corrected chi connectivity index (χ0v) is 7.27. The number of aromatic nitrogens is 3. The first-order chi connectivity index (χ1) is 6.93. The van der Waals surface area contributed by atoms with Crippen molar-refractivity contribution in [2.75, 3.05) is 0 Å². The van der Waals surface area contributed by atoms with Gasteiger partial charge >= 0.3 is 0 Å². The lowest BCUT2D eigenvalue weighted by molar-refractivity contribution is 0.432. The SMILES string of the molecule is c1cc(-c2ccc3cn[nH]c3c2)on1. The molecule has 0 unspecified atom stereocenters. The predicted octanol–water partition coefficient (Wildman–Crippen LogP) is 2.22. The molecule has 0 amide bonds. The van der Waals surface area contributed by atoms with Crippen LogP contribution in [0.25, 0.3) is 22.2 Å². The van der Waals surface area contributed by atoms with E-state index in [4.69, 9.17) is 4.52 Å². The van der Waals surface area contributed by atoms with E-state index in [9.17, 15) is 0 Å². The first kappa shape index (κ1) is 7.32. The standard InChI is InChI=1S/C10H7N3O/c1-2-8-6-11-13-9(8)5-7(1)10-3-4-12-14-10/h1-6H,(H,11,13). The summed E-state index contributed by atoms with van der Waals surface area (Å²) in [6.07, 6.45) is 3.42. The minimum atomic E-state index is 0.765. The predicted molar refractivity (Wildman–Crippen MR) is 51.6 cm³/mol. The number of benzene rings is 1. The Kier molecular flexibility index (Phi) is 1.41. The first-order valence-corrected chi connectivity index (χ1v) is 4.28. The maximum atomic E-state index is 5.06. The van der Waals surface area contributed by atoms with Gasteiger partial charge in [0.25, 0.3) is 0 Å². The van der Waals surface area contributed by atoms with Gasteiger partial charge in [-0.3, -0.25) is 5.10 Å². The van der Waals surface area contributed by atoms with Crippen LogP contribution in [0, 0.1) is 0 Å². The highest BCUT2D eigenvalue weighted by Gasteiger charge is 2.03. The van der Waals surface area contributed by atoms with Gasteiger partial charge in [0.05, 0.1) is 17.9 Å². The highest BCUT2D eigenvalue weighted by atomic mass is 16.5. The van der Waals surface area contributed by atoms with Crippen molar-refractivity contribution in [2.45, 2.75) is 0 Å². The van der Waals surface area contributed by atoms with Crippen molar-refractivity contribution in [1.82, 2.24) is 15.4 Å². The Morgan fingerprint density at radius 2 is 2.21 bits per heavy atom. The van der Waals surface area contributed by atoms with Crippen molar-refractivity contribution in [1.29, 1.82) is 0 Å². The number of H-pyrrole nitrogens is 1. The van der Waals surface area contributed by atoms with Crippen LogP contribution in [-0.2, 0) is 0 Å². The molecule has 3 aromatic rings. The Bertz CT molecular complexity index is 554. The summed E-state index contributed by atoms with van der Waals surface area (Å²) in [5, 5.41) is 11.6. The number of hydrogen-bond donors (Lipinski definition) is 1. The number of nitrogens with one attached hydrogen (secondary N) is 1. The van der Waals surface area contributed by atoms with E-state index >= 15 is 0 Å². The molecule has 1 aromatic carbocycles. The molecule has 4 nitrogen and oxygen atoms in total. The minimum Gasteiger partial charge on any atom is -0.356 e. The van der Waals surface area contributed by atoms with Crippen molar-refractivity contribution in [3.05, 3.63) is 36.7 Å². The fraction of sp³-hybridized carbons (Fsp3) is 0. The molecule has 0 atom stereocenters. The molecule has 4 heteroatoms. The maximum absolute atomic E-state index is 5.06. The second-order valence-corrected chi connectivity index (χ2v) is 3.05. The molecule has 0 bridgehead atoms. The quantitative estimate of drug-likeness (QED) is 0.632. The van der Waals surface area contributed by atoms with Crippen molar-refractivity contribution >= 4 is 10.9 Å². The normalized spacial score (nSPS) is 10.9. The van der Waals surface area contributed by atoms with E-state index in [2.05, 4.69) is 15.4 Å². The summed E-state index contributed by atoms with van der Waals surface area (Å²) in [6, 6.07) is 7.80. The van der Waals surface area contributed by atoms with Crippen LogP contribution in [0.4, 0.5) is 0 Å². The van der Waals surface area contributed by atoms with Gasteiger partial charge < -0.3 is 4.52 Å². The van der Waals surface area contributed by atoms with Gasteiger partial charge in [0.1, 0.15) is 0 Å². The molecule has 0 aliphatic rings. The molecular formula is C10H7N3O. The number of rotatable bonds is 1. The Labute approximate surface area is 79.5 Å². The Morgan fingerprint density at radius 3 is 3.07 bits per heavy atom. The Morgan fingerprint density at radius 1 is 1.21 bits per heavy atom. The number of nitrogens with zero attached hydrogens (tertiary/aromatic N) is 2. The molecule has 2 heterocycles. The fourth-order valence-corrected chi connectivity index (χ4v) is 1.46. The molecule has 2 aromatic heterocycles. The van der Waals surface area contributed by atoms with Crippen molar-refractivity contribution in [3.8, 4) is 11.3 Å². The summed E-state index contributed by atoms with van der Waals surface area (Å²) >= 11 is 0. The molecule has 0 spiro atoms. The van der Waals surface area contributed by atoms with E-state index < -0.39 is 0 Å². The molecule has 68 valence electrons. The number of hydrogen-bond acceptors (Lipinski definition) is 3. The summed E-state index contributed by atoms with van der Waals surface area (Å²) in [4.78, 5) is 0. The third-order valence-electron chi connectivity index (χ3n) is 2.16. The van der Waals surface area contributed by atoms with Crippen LogP contribution in [0.5, 0.6) is 0 Å². The van der Waals surface area contributed by atoms with Gasteiger partial charge in [-0.25, -0.2) is 0 Å². The van der Waals surface area contributed by atoms with Gasteiger partial charge in [0.15, 0.2) is 5.76 Å². The van der Waals surface area contributed by atoms with E-state index in [1.54, 1.807) is 12.4 Å². The van der Waals surface area contributed by atoms with Crippen LogP contribution in [0.1, 0.15) is 0 Å². The van der Waals surface area contributed by atoms with E-state index in [1.165, 1.54) is 0 Å². The van der Waals surface area contributed by atoms with Gasteiger partial charge in [-0.2, -0.15) is 5.10 Å². The zero-order chi connectivity index (χ0) is 9.38. The highest BCUT2D eigenvalue weighted by Crippen LogP contribution is 2.22. The third kappa shape index (κ3) is 1.01. The monoisotopic (exact) mass is 185 g/mol. The van der Waals surface area contributed by atoms with Crippen LogP contribution in [0.3, 0.4) is 0 Å². The summed E-state index contributed by atoms with van der Waals surface area (Å²) in [7, 11) is 0. The molecule has 0 aliphatic heterocycles. The van der Waals surface area contributed by atoms with Gasteiger partial charge in [-0.1, -0.05) is 17.3 Å². The first-order valence-electron chi connectivity index (χ1n) is 4.28.